The van der Waals surface area contributed by atoms with Crippen molar-refractivity contribution in [2.75, 3.05) is 26.3 Å². The lowest BCUT2D eigenvalue weighted by atomic mass is 10.1. The number of hydrogen-bond acceptors (Lipinski definition) is 3. The van der Waals surface area contributed by atoms with E-state index in [2.05, 4.69) is 37.4 Å². The smallest absolute Gasteiger partial charge is 0.123 e. The highest BCUT2D eigenvalue weighted by Crippen LogP contribution is 2.29. The van der Waals surface area contributed by atoms with Gasteiger partial charge in [0.1, 0.15) is 11.9 Å². The fourth-order valence-corrected chi connectivity index (χ4v) is 2.47. The third kappa shape index (κ3) is 4.80. The lowest BCUT2D eigenvalue weighted by molar-refractivity contribution is 0.128. The van der Waals surface area contributed by atoms with E-state index < -0.39 is 0 Å². The molecular weight excluding hydrogens is 250 g/mol. The number of fused-ring (bicyclic) bond motifs is 1. The van der Waals surface area contributed by atoms with Crippen LogP contribution >= 0.6 is 0 Å². The predicted molar refractivity (Wildman–Crippen MR) is 82.5 cm³/mol. The monoisotopic (exact) mass is 277 g/mol. The number of rotatable bonds is 9. The first-order chi connectivity index (χ1) is 9.79. The Hall–Kier alpha value is -1.06. The second kappa shape index (κ2) is 8.28. The Bertz CT molecular complexity index is 406. The topological polar surface area (TPSA) is 30.5 Å². The fourth-order valence-electron chi connectivity index (χ4n) is 2.47. The van der Waals surface area contributed by atoms with Gasteiger partial charge in [-0.25, -0.2) is 0 Å². The molecule has 0 bridgehead atoms. The summed E-state index contributed by atoms with van der Waals surface area (Å²) in [7, 11) is 0. The van der Waals surface area contributed by atoms with E-state index in [0.717, 1.165) is 44.9 Å². The van der Waals surface area contributed by atoms with E-state index in [-0.39, 0.29) is 6.10 Å². The molecule has 0 spiro atoms. The van der Waals surface area contributed by atoms with E-state index in [9.17, 15) is 0 Å². The number of benzene rings is 1. The molecule has 3 nitrogen and oxygen atoms in total. The van der Waals surface area contributed by atoms with Crippen molar-refractivity contribution in [2.45, 2.75) is 45.6 Å². The van der Waals surface area contributed by atoms with Crippen LogP contribution in [0, 0.1) is 6.92 Å². The standard InChI is InChI=1S/C17H27NO2/c1-3-4-9-19-10-5-8-18-13-16-12-15-11-14(2)6-7-17(15)20-16/h6-7,11,16,18H,3-5,8-10,12-13H2,1-2H3. The Labute approximate surface area is 122 Å². The summed E-state index contributed by atoms with van der Waals surface area (Å²) in [4.78, 5) is 0. The first-order valence-corrected chi connectivity index (χ1v) is 7.84. The minimum atomic E-state index is 0.285. The maximum atomic E-state index is 5.93. The van der Waals surface area contributed by atoms with Crippen LogP contribution in [0.3, 0.4) is 0 Å². The van der Waals surface area contributed by atoms with Gasteiger partial charge in [0, 0.05) is 26.2 Å². The molecule has 0 saturated heterocycles. The summed E-state index contributed by atoms with van der Waals surface area (Å²) in [6.45, 7) is 8.00. The predicted octanol–water partition coefficient (Wildman–Crippen LogP) is 3.09. The molecule has 1 unspecified atom stereocenters. The van der Waals surface area contributed by atoms with Gasteiger partial charge < -0.3 is 14.8 Å². The average molecular weight is 277 g/mol. The molecule has 1 aliphatic rings. The van der Waals surface area contributed by atoms with Crippen LogP contribution in [0.5, 0.6) is 5.75 Å². The van der Waals surface area contributed by atoms with Gasteiger partial charge in [0.2, 0.25) is 0 Å². The number of ether oxygens (including phenoxy) is 2. The highest BCUT2D eigenvalue weighted by molar-refractivity contribution is 5.40. The van der Waals surface area contributed by atoms with Gasteiger partial charge in [-0.1, -0.05) is 31.0 Å². The van der Waals surface area contributed by atoms with Crippen molar-refractivity contribution in [3.05, 3.63) is 29.3 Å². The number of aryl methyl sites for hydroxylation is 1. The second-order valence-corrected chi connectivity index (χ2v) is 5.58. The molecule has 1 heterocycles. The van der Waals surface area contributed by atoms with Crippen molar-refractivity contribution >= 4 is 0 Å². The molecule has 1 atom stereocenters. The summed E-state index contributed by atoms with van der Waals surface area (Å²) < 4.78 is 11.5. The number of hydrogen-bond donors (Lipinski definition) is 1. The van der Waals surface area contributed by atoms with Gasteiger partial charge in [0.15, 0.2) is 0 Å². The van der Waals surface area contributed by atoms with Crippen LogP contribution in [0.1, 0.15) is 37.3 Å². The first kappa shape index (κ1) is 15.3. The molecule has 112 valence electrons. The van der Waals surface area contributed by atoms with E-state index in [1.807, 2.05) is 0 Å². The molecule has 20 heavy (non-hydrogen) atoms. The van der Waals surface area contributed by atoms with Crippen LogP contribution in [-0.2, 0) is 11.2 Å². The van der Waals surface area contributed by atoms with Crippen molar-refractivity contribution in [2.24, 2.45) is 0 Å². The molecule has 0 saturated carbocycles. The SMILES string of the molecule is CCCCOCCCNCC1Cc2cc(C)ccc2O1. The molecule has 0 amide bonds. The maximum Gasteiger partial charge on any atom is 0.123 e. The van der Waals surface area contributed by atoms with Gasteiger partial charge in [0.05, 0.1) is 0 Å². The van der Waals surface area contributed by atoms with Crippen LogP contribution in [0.15, 0.2) is 18.2 Å². The van der Waals surface area contributed by atoms with Crippen molar-refractivity contribution in [3.63, 3.8) is 0 Å². The third-order valence-corrected chi connectivity index (χ3v) is 3.61. The van der Waals surface area contributed by atoms with Gasteiger partial charge in [0.25, 0.3) is 0 Å². The number of unbranched alkanes of at least 4 members (excludes halogenated alkanes) is 1. The molecule has 0 fully saturated rings. The summed E-state index contributed by atoms with van der Waals surface area (Å²) in [5.74, 6) is 1.06. The van der Waals surface area contributed by atoms with Crippen molar-refractivity contribution in [3.8, 4) is 5.75 Å². The zero-order valence-corrected chi connectivity index (χ0v) is 12.8. The molecule has 1 aromatic rings. The van der Waals surface area contributed by atoms with Crippen molar-refractivity contribution in [1.82, 2.24) is 5.32 Å². The first-order valence-electron chi connectivity index (χ1n) is 7.84. The van der Waals surface area contributed by atoms with Gasteiger partial charge in [-0.3, -0.25) is 0 Å². The molecule has 1 aromatic carbocycles. The number of nitrogens with one attached hydrogen (secondary N) is 1. The molecule has 2 rings (SSSR count). The van der Waals surface area contributed by atoms with Gasteiger partial charge in [-0.05, 0) is 37.9 Å². The van der Waals surface area contributed by atoms with Crippen molar-refractivity contribution in [1.29, 1.82) is 0 Å². The largest absolute Gasteiger partial charge is 0.488 e. The van der Waals surface area contributed by atoms with Crippen LogP contribution in [0.25, 0.3) is 0 Å². The van der Waals surface area contributed by atoms with Gasteiger partial charge in [-0.15, -0.1) is 0 Å². The molecule has 1 N–H and O–H groups in total. The quantitative estimate of drug-likeness (QED) is 0.704. The van der Waals surface area contributed by atoms with E-state index in [1.165, 1.54) is 24.0 Å². The van der Waals surface area contributed by atoms with E-state index >= 15 is 0 Å². The Kier molecular flexibility index (Phi) is 6.34. The Morgan fingerprint density at radius 3 is 3.00 bits per heavy atom. The zero-order valence-electron chi connectivity index (χ0n) is 12.8. The third-order valence-electron chi connectivity index (χ3n) is 3.61. The molecule has 0 aliphatic carbocycles. The van der Waals surface area contributed by atoms with Crippen LogP contribution in [-0.4, -0.2) is 32.4 Å². The van der Waals surface area contributed by atoms with Gasteiger partial charge in [-0.2, -0.15) is 0 Å². The summed E-state index contributed by atoms with van der Waals surface area (Å²) in [6, 6.07) is 6.44. The molecule has 0 aromatic heterocycles. The lowest BCUT2D eigenvalue weighted by Crippen LogP contribution is -2.31. The summed E-state index contributed by atoms with van der Waals surface area (Å²) in [6.07, 6.45) is 4.76. The fraction of sp³-hybridized carbons (Fsp3) is 0.647. The van der Waals surface area contributed by atoms with Gasteiger partial charge >= 0.3 is 0 Å². The van der Waals surface area contributed by atoms with E-state index in [0.29, 0.717) is 0 Å². The second-order valence-electron chi connectivity index (χ2n) is 5.58. The van der Waals surface area contributed by atoms with Crippen LogP contribution in [0.2, 0.25) is 0 Å². The van der Waals surface area contributed by atoms with Crippen LogP contribution < -0.4 is 10.1 Å². The average Bonchev–Trinajstić information content (AvgIpc) is 2.83. The summed E-state index contributed by atoms with van der Waals surface area (Å²) in [5.41, 5.74) is 2.66. The Morgan fingerprint density at radius 1 is 1.30 bits per heavy atom. The van der Waals surface area contributed by atoms with E-state index in [1.54, 1.807) is 0 Å². The molecular formula is C17H27NO2. The summed E-state index contributed by atoms with van der Waals surface area (Å²) >= 11 is 0. The highest BCUT2D eigenvalue weighted by atomic mass is 16.5. The lowest BCUT2D eigenvalue weighted by Gasteiger charge is -2.11. The zero-order chi connectivity index (χ0) is 14.2. The summed E-state index contributed by atoms with van der Waals surface area (Å²) in [5, 5.41) is 3.46. The Morgan fingerprint density at radius 2 is 2.15 bits per heavy atom. The van der Waals surface area contributed by atoms with Crippen LogP contribution in [0.4, 0.5) is 0 Å². The minimum absolute atomic E-state index is 0.285. The normalized spacial score (nSPS) is 17.0. The minimum Gasteiger partial charge on any atom is -0.488 e. The van der Waals surface area contributed by atoms with E-state index in [4.69, 9.17) is 9.47 Å². The maximum absolute atomic E-state index is 5.93. The van der Waals surface area contributed by atoms with Crippen molar-refractivity contribution < 1.29 is 9.47 Å². The Balaban J connectivity index is 1.54. The molecule has 0 radical (unpaired) electrons. The molecule has 3 heteroatoms. The molecule has 1 aliphatic heterocycles. The highest BCUT2D eigenvalue weighted by Gasteiger charge is 2.21.